The van der Waals surface area contributed by atoms with Crippen molar-refractivity contribution in [1.82, 2.24) is 9.97 Å². The molecule has 2 rings (SSSR count). The summed E-state index contributed by atoms with van der Waals surface area (Å²) < 4.78 is 0.838. The number of hydrogen-bond acceptors (Lipinski definition) is 4. The van der Waals surface area contributed by atoms with Gasteiger partial charge in [-0.3, -0.25) is 0 Å². The number of nitrogens with zero attached hydrogens (tertiary/aromatic N) is 3. The zero-order valence-electron chi connectivity index (χ0n) is 8.34. The number of rotatable bonds is 3. The zero-order valence-corrected chi connectivity index (χ0v) is 9.92. The Kier molecular flexibility index (Phi) is 3.61. The highest BCUT2D eigenvalue weighted by Gasteiger charge is 1.91. The lowest BCUT2D eigenvalue weighted by atomic mass is 10.2. The maximum Gasteiger partial charge on any atom is 0.243 e. The van der Waals surface area contributed by atoms with Crippen molar-refractivity contribution >= 4 is 28.1 Å². The van der Waals surface area contributed by atoms with Gasteiger partial charge in [0.15, 0.2) is 0 Å². The van der Waals surface area contributed by atoms with Crippen LogP contribution < -0.4 is 5.43 Å². The molecule has 0 aliphatic rings. The monoisotopic (exact) mass is 276 g/mol. The van der Waals surface area contributed by atoms with Gasteiger partial charge < -0.3 is 0 Å². The van der Waals surface area contributed by atoms with Crippen molar-refractivity contribution in [3.05, 3.63) is 52.8 Å². The third-order valence-electron chi connectivity index (χ3n) is 1.80. The summed E-state index contributed by atoms with van der Waals surface area (Å²) >= 11 is 3.26. The van der Waals surface area contributed by atoms with Crippen LogP contribution in [-0.2, 0) is 0 Å². The largest absolute Gasteiger partial charge is 0.245 e. The average Bonchev–Trinajstić information content (AvgIpc) is 2.33. The predicted octanol–water partition coefficient (Wildman–Crippen LogP) is 2.69. The molecule has 0 radical (unpaired) electrons. The lowest BCUT2D eigenvalue weighted by Crippen LogP contribution is -1.95. The molecule has 0 saturated heterocycles. The van der Waals surface area contributed by atoms with Gasteiger partial charge in [0.05, 0.1) is 10.7 Å². The summed E-state index contributed by atoms with van der Waals surface area (Å²) in [6.07, 6.45) is 5.03. The highest BCUT2D eigenvalue weighted by Crippen LogP contribution is 2.06. The Bertz CT molecular complexity index is 467. The molecular formula is C11H9BrN4. The van der Waals surface area contributed by atoms with Gasteiger partial charge in [0.1, 0.15) is 0 Å². The highest BCUT2D eigenvalue weighted by molar-refractivity contribution is 9.10. The number of halogens is 1. The van der Waals surface area contributed by atoms with Crippen LogP contribution >= 0.6 is 15.9 Å². The first-order valence-electron chi connectivity index (χ1n) is 4.66. The van der Waals surface area contributed by atoms with E-state index in [0.717, 1.165) is 10.0 Å². The fourth-order valence-electron chi connectivity index (χ4n) is 1.07. The molecule has 16 heavy (non-hydrogen) atoms. The van der Waals surface area contributed by atoms with Gasteiger partial charge in [-0.15, -0.1) is 0 Å². The molecule has 5 heteroatoms. The summed E-state index contributed by atoms with van der Waals surface area (Å²) in [5.41, 5.74) is 3.77. The van der Waals surface area contributed by atoms with Crippen LogP contribution in [0.25, 0.3) is 0 Å². The van der Waals surface area contributed by atoms with Crippen LogP contribution in [0, 0.1) is 0 Å². The van der Waals surface area contributed by atoms with E-state index in [-0.39, 0.29) is 0 Å². The summed E-state index contributed by atoms with van der Waals surface area (Å²) in [4.78, 5) is 8.05. The molecule has 80 valence electrons. The third kappa shape index (κ3) is 3.13. The molecule has 1 aromatic heterocycles. The van der Waals surface area contributed by atoms with E-state index in [1.807, 2.05) is 30.3 Å². The van der Waals surface area contributed by atoms with Gasteiger partial charge >= 0.3 is 0 Å². The van der Waals surface area contributed by atoms with Crippen LogP contribution in [0.15, 0.2) is 52.3 Å². The second kappa shape index (κ2) is 5.37. The molecule has 2 aromatic rings. The number of aromatic nitrogens is 2. The Morgan fingerprint density at radius 1 is 1.12 bits per heavy atom. The van der Waals surface area contributed by atoms with Crippen molar-refractivity contribution in [3.63, 3.8) is 0 Å². The van der Waals surface area contributed by atoms with E-state index in [9.17, 15) is 0 Å². The Hall–Kier alpha value is -1.75. The first kappa shape index (κ1) is 10.8. The topological polar surface area (TPSA) is 50.2 Å². The van der Waals surface area contributed by atoms with Crippen molar-refractivity contribution in [2.24, 2.45) is 5.10 Å². The van der Waals surface area contributed by atoms with Crippen LogP contribution in [0.4, 0.5) is 5.95 Å². The van der Waals surface area contributed by atoms with Crippen LogP contribution in [0.3, 0.4) is 0 Å². The molecule has 1 heterocycles. The van der Waals surface area contributed by atoms with Gasteiger partial charge in [0, 0.05) is 12.4 Å². The Balaban J connectivity index is 1.97. The van der Waals surface area contributed by atoms with Crippen LogP contribution in [0.2, 0.25) is 0 Å². The van der Waals surface area contributed by atoms with E-state index in [2.05, 4.69) is 36.4 Å². The van der Waals surface area contributed by atoms with Gasteiger partial charge in [-0.05, 0) is 21.5 Å². The lowest BCUT2D eigenvalue weighted by molar-refractivity contribution is 1.11. The standard InChI is InChI=1S/C11H9BrN4/c12-10-7-13-11(14-8-10)16-15-6-9-4-2-1-3-5-9/h1-8H,(H,13,14,16). The molecule has 0 saturated carbocycles. The van der Waals surface area contributed by atoms with E-state index in [1.165, 1.54) is 0 Å². The van der Waals surface area contributed by atoms with Crippen LogP contribution in [-0.4, -0.2) is 16.2 Å². The lowest BCUT2D eigenvalue weighted by Gasteiger charge is -1.97. The second-order valence-corrected chi connectivity index (χ2v) is 3.92. The molecule has 0 fully saturated rings. The SMILES string of the molecule is Brc1cnc(NN=Cc2ccccc2)nc1. The minimum Gasteiger partial charge on any atom is -0.245 e. The van der Waals surface area contributed by atoms with Crippen molar-refractivity contribution in [2.45, 2.75) is 0 Å². The maximum atomic E-state index is 4.03. The average molecular weight is 277 g/mol. The predicted molar refractivity (Wildman–Crippen MR) is 67.4 cm³/mol. The second-order valence-electron chi connectivity index (χ2n) is 3.01. The molecule has 0 bridgehead atoms. The van der Waals surface area contributed by atoms with Crippen LogP contribution in [0.5, 0.6) is 0 Å². The number of benzene rings is 1. The van der Waals surface area contributed by atoms with Crippen molar-refractivity contribution in [3.8, 4) is 0 Å². The summed E-state index contributed by atoms with van der Waals surface area (Å²) in [7, 11) is 0. The van der Waals surface area contributed by atoms with Gasteiger partial charge in [0.2, 0.25) is 5.95 Å². The van der Waals surface area contributed by atoms with E-state index in [4.69, 9.17) is 0 Å². The number of nitrogens with one attached hydrogen (secondary N) is 1. The third-order valence-corrected chi connectivity index (χ3v) is 2.21. The quantitative estimate of drug-likeness (QED) is 0.693. The van der Waals surface area contributed by atoms with E-state index in [1.54, 1.807) is 18.6 Å². The normalized spacial score (nSPS) is 10.6. The highest BCUT2D eigenvalue weighted by atomic mass is 79.9. The molecule has 4 nitrogen and oxygen atoms in total. The molecule has 0 unspecified atom stereocenters. The Morgan fingerprint density at radius 3 is 2.50 bits per heavy atom. The zero-order chi connectivity index (χ0) is 11.2. The molecule has 1 aromatic carbocycles. The fourth-order valence-corrected chi connectivity index (χ4v) is 1.28. The number of hydrazone groups is 1. The molecular weight excluding hydrogens is 268 g/mol. The van der Waals surface area contributed by atoms with Gasteiger partial charge in [-0.2, -0.15) is 5.10 Å². The fraction of sp³-hybridized carbons (Fsp3) is 0. The van der Waals surface area contributed by atoms with Gasteiger partial charge in [0.25, 0.3) is 0 Å². The van der Waals surface area contributed by atoms with E-state index < -0.39 is 0 Å². The van der Waals surface area contributed by atoms with Gasteiger partial charge in [-0.25, -0.2) is 15.4 Å². The van der Waals surface area contributed by atoms with Crippen LogP contribution in [0.1, 0.15) is 5.56 Å². The molecule has 0 aliphatic heterocycles. The Morgan fingerprint density at radius 2 is 1.81 bits per heavy atom. The summed E-state index contributed by atoms with van der Waals surface area (Å²) in [6, 6.07) is 9.80. The Labute approximate surface area is 102 Å². The number of hydrogen-bond donors (Lipinski definition) is 1. The molecule has 0 aliphatic carbocycles. The van der Waals surface area contributed by atoms with E-state index in [0.29, 0.717) is 5.95 Å². The summed E-state index contributed by atoms with van der Waals surface area (Å²) in [5, 5.41) is 4.03. The van der Waals surface area contributed by atoms with E-state index >= 15 is 0 Å². The van der Waals surface area contributed by atoms with Gasteiger partial charge in [-0.1, -0.05) is 30.3 Å². The van der Waals surface area contributed by atoms with Crippen molar-refractivity contribution in [1.29, 1.82) is 0 Å². The van der Waals surface area contributed by atoms with Crippen molar-refractivity contribution in [2.75, 3.05) is 5.43 Å². The maximum absolute atomic E-state index is 4.03. The molecule has 0 atom stereocenters. The summed E-state index contributed by atoms with van der Waals surface area (Å²) in [5.74, 6) is 0.468. The smallest absolute Gasteiger partial charge is 0.243 e. The molecule has 1 N–H and O–H groups in total. The summed E-state index contributed by atoms with van der Waals surface area (Å²) in [6.45, 7) is 0. The van der Waals surface area contributed by atoms with Crippen molar-refractivity contribution < 1.29 is 0 Å². The first-order chi connectivity index (χ1) is 7.84. The minimum absolute atomic E-state index is 0.468. The molecule has 0 spiro atoms. The number of anilines is 1. The first-order valence-corrected chi connectivity index (χ1v) is 5.45. The molecule has 0 amide bonds. The minimum atomic E-state index is 0.468.